The van der Waals surface area contributed by atoms with Gasteiger partial charge in [0.15, 0.2) is 0 Å². The number of amides is 2. The highest BCUT2D eigenvalue weighted by Crippen LogP contribution is 2.22. The molecule has 0 radical (unpaired) electrons. The summed E-state index contributed by atoms with van der Waals surface area (Å²) in [6.45, 7) is 2.06. The Morgan fingerprint density at radius 1 is 1.23 bits per heavy atom. The van der Waals surface area contributed by atoms with Gasteiger partial charge in [-0.15, -0.1) is 0 Å². The molecule has 6 nitrogen and oxygen atoms in total. The number of benzene rings is 1. The van der Waals surface area contributed by atoms with Gasteiger partial charge in [0.05, 0.1) is 14.2 Å². The van der Waals surface area contributed by atoms with E-state index in [1.165, 1.54) is 0 Å². The van der Waals surface area contributed by atoms with Crippen LogP contribution in [0.5, 0.6) is 11.5 Å². The third-order valence-corrected chi connectivity index (χ3v) is 3.68. The summed E-state index contributed by atoms with van der Waals surface area (Å²) < 4.78 is 10.3. The Morgan fingerprint density at radius 3 is 2.45 bits per heavy atom. The molecule has 0 unspecified atom stereocenters. The SMILES string of the molecule is COc1cc(OC)cc(C(=O)NCCCN2CCCC2=O)c1. The lowest BCUT2D eigenvalue weighted by Crippen LogP contribution is -2.30. The predicted octanol–water partition coefficient (Wildman–Crippen LogP) is 1.45. The van der Waals surface area contributed by atoms with Crippen molar-refractivity contribution in [1.82, 2.24) is 10.2 Å². The predicted molar refractivity (Wildman–Crippen MR) is 82.3 cm³/mol. The van der Waals surface area contributed by atoms with Crippen molar-refractivity contribution in [2.75, 3.05) is 33.9 Å². The number of hydrogen-bond acceptors (Lipinski definition) is 4. The van der Waals surface area contributed by atoms with E-state index in [4.69, 9.17) is 9.47 Å². The highest BCUT2D eigenvalue weighted by molar-refractivity contribution is 5.95. The lowest BCUT2D eigenvalue weighted by atomic mass is 10.2. The number of nitrogens with one attached hydrogen (secondary N) is 1. The van der Waals surface area contributed by atoms with Crippen LogP contribution in [0.1, 0.15) is 29.6 Å². The number of nitrogens with zero attached hydrogens (tertiary/aromatic N) is 1. The van der Waals surface area contributed by atoms with Crippen LogP contribution in [0.25, 0.3) is 0 Å². The van der Waals surface area contributed by atoms with E-state index in [0.717, 1.165) is 19.4 Å². The first-order valence-corrected chi connectivity index (χ1v) is 7.43. The van der Waals surface area contributed by atoms with Crippen LogP contribution in [-0.4, -0.2) is 50.6 Å². The Morgan fingerprint density at radius 2 is 1.91 bits per heavy atom. The molecule has 1 N–H and O–H groups in total. The van der Waals surface area contributed by atoms with E-state index in [1.54, 1.807) is 32.4 Å². The standard InChI is InChI=1S/C16H22N2O4/c1-21-13-9-12(10-14(11-13)22-2)16(20)17-6-4-8-18-7-3-5-15(18)19/h9-11H,3-8H2,1-2H3,(H,17,20). The minimum absolute atomic E-state index is 0.176. The Balaban J connectivity index is 1.83. The van der Waals surface area contributed by atoms with E-state index in [1.807, 2.05) is 4.90 Å². The zero-order valence-corrected chi connectivity index (χ0v) is 13.1. The fraction of sp³-hybridized carbons (Fsp3) is 0.500. The van der Waals surface area contributed by atoms with Gasteiger partial charge >= 0.3 is 0 Å². The van der Waals surface area contributed by atoms with E-state index in [-0.39, 0.29) is 11.8 Å². The summed E-state index contributed by atoms with van der Waals surface area (Å²) in [6.07, 6.45) is 2.34. The molecule has 1 aliphatic rings. The second-order valence-corrected chi connectivity index (χ2v) is 5.20. The summed E-state index contributed by atoms with van der Waals surface area (Å²) in [5.41, 5.74) is 0.494. The maximum atomic E-state index is 12.1. The number of carbonyl (C=O) groups excluding carboxylic acids is 2. The summed E-state index contributed by atoms with van der Waals surface area (Å²) in [5.74, 6) is 1.19. The molecule has 6 heteroatoms. The van der Waals surface area contributed by atoms with Gasteiger partial charge in [-0.1, -0.05) is 0 Å². The lowest BCUT2D eigenvalue weighted by Gasteiger charge is -2.15. The zero-order chi connectivity index (χ0) is 15.9. The van der Waals surface area contributed by atoms with E-state index >= 15 is 0 Å². The Bertz CT molecular complexity index is 523. The molecule has 2 amide bonds. The molecule has 1 aliphatic heterocycles. The van der Waals surface area contributed by atoms with Crippen molar-refractivity contribution in [2.24, 2.45) is 0 Å². The molecule has 1 saturated heterocycles. The second kappa shape index (κ2) is 7.68. The smallest absolute Gasteiger partial charge is 0.251 e. The summed E-state index contributed by atoms with van der Waals surface area (Å²) in [5, 5.41) is 2.85. The van der Waals surface area contributed by atoms with Gasteiger partial charge in [-0.2, -0.15) is 0 Å². The molecular weight excluding hydrogens is 284 g/mol. The van der Waals surface area contributed by atoms with E-state index < -0.39 is 0 Å². The van der Waals surface area contributed by atoms with Gasteiger partial charge in [-0.3, -0.25) is 9.59 Å². The van der Waals surface area contributed by atoms with Crippen LogP contribution in [0, 0.1) is 0 Å². The van der Waals surface area contributed by atoms with E-state index in [9.17, 15) is 9.59 Å². The van der Waals surface area contributed by atoms with Gasteiger partial charge in [0.1, 0.15) is 11.5 Å². The third-order valence-electron chi connectivity index (χ3n) is 3.68. The van der Waals surface area contributed by atoms with Crippen LogP contribution >= 0.6 is 0 Å². The van der Waals surface area contributed by atoms with Crippen molar-refractivity contribution in [3.63, 3.8) is 0 Å². The van der Waals surface area contributed by atoms with Crippen LogP contribution in [-0.2, 0) is 4.79 Å². The number of ether oxygens (including phenoxy) is 2. The lowest BCUT2D eigenvalue weighted by molar-refractivity contribution is -0.127. The van der Waals surface area contributed by atoms with Gasteiger partial charge in [0.2, 0.25) is 5.91 Å². The molecular formula is C16H22N2O4. The molecule has 1 aromatic rings. The molecule has 0 atom stereocenters. The zero-order valence-electron chi connectivity index (χ0n) is 13.1. The van der Waals surface area contributed by atoms with Crippen molar-refractivity contribution < 1.29 is 19.1 Å². The van der Waals surface area contributed by atoms with Crippen molar-refractivity contribution in [3.8, 4) is 11.5 Å². The number of likely N-dealkylation sites (tertiary alicyclic amines) is 1. The van der Waals surface area contributed by atoms with Crippen LogP contribution < -0.4 is 14.8 Å². The average Bonchev–Trinajstić information content (AvgIpc) is 2.95. The summed E-state index contributed by atoms with van der Waals surface area (Å²) in [4.78, 5) is 25.5. The molecule has 1 heterocycles. The van der Waals surface area contributed by atoms with Crippen LogP contribution in [0.2, 0.25) is 0 Å². The summed E-state index contributed by atoms with van der Waals surface area (Å²) in [7, 11) is 3.09. The van der Waals surface area contributed by atoms with Gasteiger partial charge < -0.3 is 19.7 Å². The molecule has 1 aromatic carbocycles. The maximum absolute atomic E-state index is 12.1. The number of methoxy groups -OCH3 is 2. The van der Waals surface area contributed by atoms with Gasteiger partial charge in [0.25, 0.3) is 5.91 Å². The number of rotatable bonds is 7. The van der Waals surface area contributed by atoms with E-state index in [0.29, 0.717) is 36.6 Å². The monoisotopic (exact) mass is 306 g/mol. The highest BCUT2D eigenvalue weighted by Gasteiger charge is 2.19. The quantitative estimate of drug-likeness (QED) is 0.774. The minimum atomic E-state index is -0.176. The number of carbonyl (C=O) groups is 2. The molecule has 120 valence electrons. The summed E-state index contributed by atoms with van der Waals surface area (Å²) >= 11 is 0. The molecule has 0 bridgehead atoms. The van der Waals surface area contributed by atoms with E-state index in [2.05, 4.69) is 5.32 Å². The minimum Gasteiger partial charge on any atom is -0.497 e. The normalized spacial score (nSPS) is 14.1. The molecule has 0 aromatic heterocycles. The van der Waals surface area contributed by atoms with Gasteiger partial charge in [-0.25, -0.2) is 0 Å². The first-order valence-electron chi connectivity index (χ1n) is 7.43. The van der Waals surface area contributed by atoms with Gasteiger partial charge in [-0.05, 0) is 25.0 Å². The highest BCUT2D eigenvalue weighted by atomic mass is 16.5. The Kier molecular flexibility index (Phi) is 5.63. The van der Waals surface area contributed by atoms with Gasteiger partial charge in [0, 0.05) is 37.7 Å². The largest absolute Gasteiger partial charge is 0.497 e. The fourth-order valence-electron chi connectivity index (χ4n) is 2.45. The topological polar surface area (TPSA) is 67.9 Å². The van der Waals surface area contributed by atoms with Crippen LogP contribution in [0.15, 0.2) is 18.2 Å². The van der Waals surface area contributed by atoms with Crippen LogP contribution in [0.3, 0.4) is 0 Å². The van der Waals surface area contributed by atoms with Crippen molar-refractivity contribution in [3.05, 3.63) is 23.8 Å². The second-order valence-electron chi connectivity index (χ2n) is 5.20. The third kappa shape index (κ3) is 4.13. The molecule has 1 fully saturated rings. The first kappa shape index (κ1) is 16.1. The molecule has 2 rings (SSSR count). The number of hydrogen-bond donors (Lipinski definition) is 1. The Labute approximate surface area is 130 Å². The molecule has 22 heavy (non-hydrogen) atoms. The first-order chi connectivity index (χ1) is 10.6. The fourth-order valence-corrected chi connectivity index (χ4v) is 2.45. The molecule has 0 spiro atoms. The summed E-state index contributed by atoms with van der Waals surface area (Å²) in [6, 6.07) is 5.06. The van der Waals surface area contributed by atoms with Crippen molar-refractivity contribution in [1.29, 1.82) is 0 Å². The molecule has 0 aliphatic carbocycles. The van der Waals surface area contributed by atoms with Crippen molar-refractivity contribution >= 4 is 11.8 Å². The Hall–Kier alpha value is -2.24. The molecule has 0 saturated carbocycles. The average molecular weight is 306 g/mol. The van der Waals surface area contributed by atoms with Crippen LogP contribution in [0.4, 0.5) is 0 Å². The maximum Gasteiger partial charge on any atom is 0.251 e. The van der Waals surface area contributed by atoms with Crippen molar-refractivity contribution in [2.45, 2.75) is 19.3 Å².